The Balaban J connectivity index is 2.34. The van der Waals surface area contributed by atoms with E-state index in [0.717, 1.165) is 12.1 Å². The lowest BCUT2D eigenvalue weighted by molar-refractivity contribution is -0.141. The zero-order valence-corrected chi connectivity index (χ0v) is 11.3. The highest BCUT2D eigenvalue weighted by atomic mass is 19.4. The molecule has 2 amide bonds. The van der Waals surface area contributed by atoms with Gasteiger partial charge in [0.25, 0.3) is 11.8 Å². The highest BCUT2D eigenvalue weighted by Crippen LogP contribution is 2.41. The molecule has 0 bridgehead atoms. The average molecular weight is 334 g/mol. The number of amides is 2. The van der Waals surface area contributed by atoms with Crippen LogP contribution in [0.15, 0.2) is 23.9 Å². The summed E-state index contributed by atoms with van der Waals surface area (Å²) < 4.78 is 51.4. The van der Waals surface area contributed by atoms with E-state index in [1.165, 1.54) is 0 Å². The molecule has 10 heteroatoms. The Morgan fingerprint density at radius 1 is 1.22 bits per heavy atom. The molecule has 1 aliphatic heterocycles. The molecular weight excluding hydrogens is 324 g/mol. The lowest BCUT2D eigenvalue weighted by Gasteiger charge is -2.16. The zero-order valence-electron chi connectivity index (χ0n) is 11.3. The third-order valence-corrected chi connectivity index (χ3v) is 3.01. The lowest BCUT2D eigenvalue weighted by atomic mass is 10.1. The van der Waals surface area contributed by atoms with Crippen molar-refractivity contribution < 1.29 is 37.4 Å². The van der Waals surface area contributed by atoms with Crippen LogP contribution in [-0.4, -0.2) is 40.1 Å². The van der Waals surface area contributed by atoms with E-state index in [0.29, 0.717) is 11.0 Å². The number of aliphatic hydroxyl groups is 1. The van der Waals surface area contributed by atoms with E-state index in [9.17, 15) is 32.3 Å². The minimum Gasteiger partial charge on any atom is -0.505 e. The number of β-amino-alcohol motifs (C(OH)–C–C–N with tert-alkyl or cyclic N) is 1. The number of halogens is 4. The van der Waals surface area contributed by atoms with Gasteiger partial charge in [0.05, 0.1) is 18.8 Å². The second kappa shape index (κ2) is 5.88. The molecule has 124 valence electrons. The van der Waals surface area contributed by atoms with Gasteiger partial charge in [-0.3, -0.25) is 14.5 Å². The molecule has 0 saturated heterocycles. The van der Waals surface area contributed by atoms with E-state index in [4.69, 9.17) is 5.11 Å². The Morgan fingerprint density at radius 3 is 2.43 bits per heavy atom. The number of carbonyl (C=O) groups is 2. The maximum absolute atomic E-state index is 13.3. The summed E-state index contributed by atoms with van der Waals surface area (Å²) in [5.41, 5.74) is -2.87. The molecule has 0 unspecified atom stereocenters. The fourth-order valence-corrected chi connectivity index (χ4v) is 1.99. The van der Waals surface area contributed by atoms with E-state index >= 15 is 0 Å². The van der Waals surface area contributed by atoms with Crippen molar-refractivity contribution in [1.29, 1.82) is 0 Å². The molecule has 1 heterocycles. The van der Waals surface area contributed by atoms with Gasteiger partial charge >= 0.3 is 6.18 Å². The van der Waals surface area contributed by atoms with E-state index in [2.05, 4.69) is 5.32 Å². The second-order valence-corrected chi connectivity index (χ2v) is 4.52. The van der Waals surface area contributed by atoms with Gasteiger partial charge in [-0.05, 0) is 12.1 Å². The third-order valence-electron chi connectivity index (χ3n) is 3.01. The van der Waals surface area contributed by atoms with Crippen molar-refractivity contribution in [3.63, 3.8) is 0 Å². The van der Waals surface area contributed by atoms with Gasteiger partial charge in [0.15, 0.2) is 5.75 Å². The number of phenols is 1. The first-order valence-corrected chi connectivity index (χ1v) is 6.21. The molecular formula is C13H10F4N2O4. The number of nitrogens with one attached hydrogen (secondary N) is 1. The minimum absolute atomic E-state index is 0.289. The van der Waals surface area contributed by atoms with E-state index in [1.807, 2.05) is 0 Å². The molecule has 0 aliphatic carbocycles. The molecule has 0 spiro atoms. The summed E-state index contributed by atoms with van der Waals surface area (Å²) in [7, 11) is 0. The summed E-state index contributed by atoms with van der Waals surface area (Å²) in [5.74, 6) is -4.77. The Morgan fingerprint density at radius 2 is 1.87 bits per heavy atom. The molecule has 1 aromatic rings. The molecule has 1 aromatic carbocycles. The molecule has 1 aliphatic rings. The normalized spacial score (nSPS) is 15.2. The molecule has 23 heavy (non-hydrogen) atoms. The molecule has 0 radical (unpaired) electrons. The fraction of sp³-hybridized carbons (Fsp3) is 0.231. The highest BCUT2D eigenvalue weighted by Gasteiger charge is 2.39. The number of aliphatic hydroxyl groups excluding tert-OH is 1. The van der Waals surface area contributed by atoms with Crippen LogP contribution in [0.2, 0.25) is 0 Å². The van der Waals surface area contributed by atoms with Crippen LogP contribution < -0.4 is 5.32 Å². The molecule has 2 rings (SSSR count). The van der Waals surface area contributed by atoms with Crippen LogP contribution in [0.25, 0.3) is 0 Å². The number of benzene rings is 1. The molecule has 0 fully saturated rings. The summed E-state index contributed by atoms with van der Waals surface area (Å²) in [4.78, 5) is 24.0. The van der Waals surface area contributed by atoms with E-state index < -0.39 is 53.1 Å². The number of phenolic OH excluding ortho intramolecular Hbond substituents is 1. The van der Waals surface area contributed by atoms with Crippen LogP contribution in [0.4, 0.5) is 23.2 Å². The van der Waals surface area contributed by atoms with E-state index in [-0.39, 0.29) is 6.54 Å². The average Bonchev–Trinajstić information content (AvgIpc) is 2.69. The number of anilines is 1. The SMILES string of the molecule is O=C1C=C(Nc2ccc(F)c(C(F)(F)F)c2O)C(=O)N1CCO. The maximum Gasteiger partial charge on any atom is 0.422 e. The first kappa shape index (κ1) is 16.7. The van der Waals surface area contributed by atoms with E-state index in [1.54, 1.807) is 0 Å². The number of hydrogen-bond acceptors (Lipinski definition) is 5. The summed E-state index contributed by atoms with van der Waals surface area (Å²) in [6, 6.07) is 1.27. The standard InChI is InChI=1S/C13H10F4N2O4/c14-6-1-2-7(11(22)10(6)13(15,16)17)18-8-5-9(21)19(3-4-20)12(8)23/h1-2,5,18,20,22H,3-4H2. The monoisotopic (exact) mass is 334 g/mol. The molecule has 0 aromatic heterocycles. The minimum atomic E-state index is -5.14. The number of alkyl halides is 3. The Labute approximate surface area is 126 Å². The summed E-state index contributed by atoms with van der Waals surface area (Å²) in [6.45, 7) is -0.777. The fourth-order valence-electron chi connectivity index (χ4n) is 1.99. The highest BCUT2D eigenvalue weighted by molar-refractivity contribution is 6.17. The number of aromatic hydroxyl groups is 1. The summed E-state index contributed by atoms with van der Waals surface area (Å²) in [6.07, 6.45) is -4.34. The Hall–Kier alpha value is -2.62. The number of nitrogens with zero attached hydrogens (tertiary/aromatic N) is 1. The second-order valence-electron chi connectivity index (χ2n) is 4.52. The van der Waals surface area contributed by atoms with Crippen molar-refractivity contribution in [1.82, 2.24) is 4.90 Å². The summed E-state index contributed by atoms with van der Waals surface area (Å²) >= 11 is 0. The number of hydrogen-bond donors (Lipinski definition) is 3. The zero-order chi connectivity index (χ0) is 17.4. The van der Waals surface area contributed by atoms with Gasteiger partial charge in [-0.2, -0.15) is 13.2 Å². The first-order chi connectivity index (χ1) is 10.7. The van der Waals surface area contributed by atoms with Crippen LogP contribution in [0.5, 0.6) is 5.75 Å². The van der Waals surface area contributed by atoms with Gasteiger partial charge in [0.2, 0.25) is 0 Å². The van der Waals surface area contributed by atoms with Crippen LogP contribution in [0, 0.1) is 5.82 Å². The number of imide groups is 1. The van der Waals surface area contributed by atoms with Crippen molar-refractivity contribution in [2.75, 3.05) is 18.5 Å². The van der Waals surface area contributed by atoms with Crippen molar-refractivity contribution >= 4 is 17.5 Å². The van der Waals surface area contributed by atoms with Crippen LogP contribution in [0.1, 0.15) is 5.56 Å². The van der Waals surface area contributed by atoms with Crippen LogP contribution in [-0.2, 0) is 15.8 Å². The van der Waals surface area contributed by atoms with Crippen molar-refractivity contribution in [3.05, 3.63) is 35.3 Å². The van der Waals surface area contributed by atoms with Crippen molar-refractivity contribution in [2.24, 2.45) is 0 Å². The molecule has 3 N–H and O–H groups in total. The van der Waals surface area contributed by atoms with Crippen LogP contribution in [0.3, 0.4) is 0 Å². The van der Waals surface area contributed by atoms with Gasteiger partial charge in [-0.1, -0.05) is 0 Å². The quantitative estimate of drug-likeness (QED) is 0.437. The topological polar surface area (TPSA) is 89.9 Å². The van der Waals surface area contributed by atoms with Crippen LogP contribution >= 0.6 is 0 Å². The van der Waals surface area contributed by atoms with Gasteiger partial charge in [0.1, 0.15) is 17.1 Å². The predicted molar refractivity (Wildman–Crippen MR) is 68.6 cm³/mol. The largest absolute Gasteiger partial charge is 0.505 e. The molecule has 0 saturated carbocycles. The van der Waals surface area contributed by atoms with Crippen molar-refractivity contribution in [3.8, 4) is 5.75 Å². The number of carbonyl (C=O) groups excluding carboxylic acids is 2. The first-order valence-electron chi connectivity index (χ1n) is 6.21. The van der Waals surface area contributed by atoms with Gasteiger partial charge < -0.3 is 15.5 Å². The maximum atomic E-state index is 13.3. The van der Waals surface area contributed by atoms with Gasteiger partial charge in [-0.15, -0.1) is 0 Å². The summed E-state index contributed by atoms with van der Waals surface area (Å²) in [5, 5.41) is 20.5. The Kier molecular flexibility index (Phi) is 4.28. The molecule has 0 atom stereocenters. The number of rotatable bonds is 4. The lowest BCUT2D eigenvalue weighted by Crippen LogP contribution is -2.34. The van der Waals surface area contributed by atoms with Gasteiger partial charge in [0, 0.05) is 6.08 Å². The molecule has 6 nitrogen and oxygen atoms in total. The predicted octanol–water partition coefficient (Wildman–Crippen LogP) is 1.21. The van der Waals surface area contributed by atoms with Gasteiger partial charge in [-0.25, -0.2) is 4.39 Å². The smallest absolute Gasteiger partial charge is 0.422 e. The van der Waals surface area contributed by atoms with Crippen molar-refractivity contribution in [2.45, 2.75) is 6.18 Å². The third kappa shape index (κ3) is 3.11. The Bertz CT molecular complexity index is 700.